The fraction of sp³-hybridized carbons (Fsp3) is 0.278. The van der Waals surface area contributed by atoms with Crippen molar-refractivity contribution in [1.29, 1.82) is 0 Å². The molecule has 0 heterocycles. The molecule has 0 saturated carbocycles. The maximum absolute atomic E-state index is 13.2. The average Bonchev–Trinajstić information content (AvgIpc) is 2.49. The van der Waals surface area contributed by atoms with E-state index in [4.69, 9.17) is 23.2 Å². The Hall–Kier alpha value is -1.62. The Morgan fingerprint density at radius 1 is 1.21 bits per heavy atom. The molecule has 0 bridgehead atoms. The number of halogens is 3. The van der Waals surface area contributed by atoms with Crippen LogP contribution in [0.15, 0.2) is 42.5 Å². The van der Waals surface area contributed by atoms with Crippen molar-refractivity contribution in [3.05, 3.63) is 69.5 Å². The van der Waals surface area contributed by atoms with Gasteiger partial charge in [0.2, 0.25) is 0 Å². The first-order valence-electron chi connectivity index (χ1n) is 7.70. The predicted molar refractivity (Wildman–Crippen MR) is 95.0 cm³/mol. The summed E-state index contributed by atoms with van der Waals surface area (Å²) in [6.07, 6.45) is 0.644. The highest BCUT2D eigenvalue weighted by Crippen LogP contribution is 2.20. The molecule has 0 fully saturated rings. The lowest BCUT2D eigenvalue weighted by Gasteiger charge is -2.14. The van der Waals surface area contributed by atoms with Gasteiger partial charge in [-0.1, -0.05) is 41.4 Å². The number of benzene rings is 2. The van der Waals surface area contributed by atoms with Crippen molar-refractivity contribution in [3.8, 4) is 0 Å². The number of hydrogen-bond acceptors (Lipinski definition) is 1. The van der Waals surface area contributed by atoms with Crippen LogP contribution in [0.1, 0.15) is 11.1 Å². The average molecular weight is 370 g/mol. The van der Waals surface area contributed by atoms with E-state index in [-0.39, 0.29) is 11.7 Å². The molecule has 3 nitrogen and oxygen atoms in total. The lowest BCUT2D eigenvalue weighted by molar-refractivity contribution is -0.885. The van der Waals surface area contributed by atoms with Gasteiger partial charge in [0.05, 0.1) is 7.05 Å². The summed E-state index contributed by atoms with van der Waals surface area (Å²) in [5, 5.41) is 4.07. The molecule has 2 N–H and O–H groups in total. The number of quaternary nitrogens is 1. The largest absolute Gasteiger partial charge is 0.351 e. The van der Waals surface area contributed by atoms with Crippen molar-refractivity contribution in [2.45, 2.75) is 13.0 Å². The van der Waals surface area contributed by atoms with Crippen molar-refractivity contribution >= 4 is 29.1 Å². The molecule has 1 amide bonds. The smallest absolute Gasteiger partial charge is 0.275 e. The van der Waals surface area contributed by atoms with E-state index < -0.39 is 0 Å². The topological polar surface area (TPSA) is 33.5 Å². The second-order valence-corrected chi connectivity index (χ2v) is 6.62. The Balaban J connectivity index is 1.74. The zero-order valence-electron chi connectivity index (χ0n) is 13.4. The van der Waals surface area contributed by atoms with Gasteiger partial charge >= 0.3 is 0 Å². The van der Waals surface area contributed by atoms with Crippen molar-refractivity contribution < 1.29 is 14.1 Å². The molecule has 1 atom stereocenters. The second kappa shape index (κ2) is 9.02. The summed E-state index contributed by atoms with van der Waals surface area (Å²) in [6, 6.07) is 11.8. The van der Waals surface area contributed by atoms with Gasteiger partial charge in [0, 0.05) is 22.2 Å². The molecule has 0 radical (unpaired) electrons. The quantitative estimate of drug-likeness (QED) is 0.772. The highest BCUT2D eigenvalue weighted by molar-refractivity contribution is 6.35. The fourth-order valence-electron chi connectivity index (χ4n) is 2.46. The van der Waals surface area contributed by atoms with E-state index in [1.807, 2.05) is 19.2 Å². The van der Waals surface area contributed by atoms with E-state index in [1.54, 1.807) is 18.2 Å². The van der Waals surface area contributed by atoms with E-state index in [9.17, 15) is 9.18 Å². The Morgan fingerprint density at radius 2 is 2.00 bits per heavy atom. The summed E-state index contributed by atoms with van der Waals surface area (Å²) in [4.78, 5) is 13.0. The van der Waals surface area contributed by atoms with Crippen LogP contribution in [-0.2, 0) is 17.8 Å². The molecule has 6 heteroatoms. The molecule has 2 aromatic rings. The molecule has 0 aliphatic carbocycles. The number of hydrogen-bond donors (Lipinski definition) is 2. The van der Waals surface area contributed by atoms with Crippen LogP contribution in [0.2, 0.25) is 10.0 Å². The van der Waals surface area contributed by atoms with Gasteiger partial charge in [0.25, 0.3) is 5.91 Å². The van der Waals surface area contributed by atoms with E-state index in [0.29, 0.717) is 36.1 Å². The SMILES string of the molecule is C[NH+](CC(=O)NCCc1ccc(Cl)cc1Cl)Cc1cccc(F)c1. The monoisotopic (exact) mass is 369 g/mol. The van der Waals surface area contributed by atoms with E-state index in [2.05, 4.69) is 5.32 Å². The van der Waals surface area contributed by atoms with Crippen LogP contribution in [0, 0.1) is 5.82 Å². The van der Waals surface area contributed by atoms with E-state index >= 15 is 0 Å². The van der Waals surface area contributed by atoms with Crippen LogP contribution in [0.25, 0.3) is 0 Å². The van der Waals surface area contributed by atoms with Crippen LogP contribution in [0.4, 0.5) is 4.39 Å². The van der Waals surface area contributed by atoms with Crippen molar-refractivity contribution in [2.24, 2.45) is 0 Å². The fourth-order valence-corrected chi connectivity index (χ4v) is 2.96. The van der Waals surface area contributed by atoms with Gasteiger partial charge in [-0.05, 0) is 36.2 Å². The van der Waals surface area contributed by atoms with Gasteiger partial charge in [0.15, 0.2) is 6.54 Å². The number of carbonyl (C=O) groups excluding carboxylic acids is 1. The zero-order chi connectivity index (χ0) is 17.5. The van der Waals surface area contributed by atoms with Crippen molar-refractivity contribution in [3.63, 3.8) is 0 Å². The Bertz CT molecular complexity index is 709. The summed E-state index contributed by atoms with van der Waals surface area (Å²) >= 11 is 12.0. The molecule has 0 aromatic heterocycles. The van der Waals surface area contributed by atoms with Gasteiger partial charge in [-0.3, -0.25) is 4.79 Å². The first-order valence-corrected chi connectivity index (χ1v) is 8.46. The molecule has 128 valence electrons. The first kappa shape index (κ1) is 18.7. The maximum Gasteiger partial charge on any atom is 0.275 e. The third-order valence-electron chi connectivity index (χ3n) is 3.59. The minimum Gasteiger partial charge on any atom is -0.351 e. The predicted octanol–water partition coefficient (Wildman–Crippen LogP) is 2.51. The normalized spacial score (nSPS) is 12.0. The summed E-state index contributed by atoms with van der Waals surface area (Å²) < 4.78 is 13.2. The summed E-state index contributed by atoms with van der Waals surface area (Å²) in [5.74, 6) is -0.307. The number of carbonyl (C=O) groups is 1. The molecular formula is C18H20Cl2FN2O+. The molecule has 2 aromatic carbocycles. The lowest BCUT2D eigenvalue weighted by atomic mass is 10.1. The number of nitrogens with one attached hydrogen (secondary N) is 2. The van der Waals surface area contributed by atoms with Gasteiger partial charge in [-0.15, -0.1) is 0 Å². The molecule has 0 aliphatic rings. The third-order valence-corrected chi connectivity index (χ3v) is 4.18. The summed E-state index contributed by atoms with van der Waals surface area (Å²) in [5.41, 5.74) is 1.81. The van der Waals surface area contributed by atoms with Gasteiger partial charge in [-0.2, -0.15) is 0 Å². The summed E-state index contributed by atoms with van der Waals surface area (Å²) in [7, 11) is 1.90. The van der Waals surface area contributed by atoms with Gasteiger partial charge in [-0.25, -0.2) is 4.39 Å². The highest BCUT2D eigenvalue weighted by Gasteiger charge is 2.11. The Labute approximate surface area is 151 Å². The van der Waals surface area contributed by atoms with Crippen LogP contribution in [0.5, 0.6) is 0 Å². The minimum absolute atomic E-state index is 0.0472. The van der Waals surface area contributed by atoms with E-state index in [0.717, 1.165) is 16.0 Å². The Morgan fingerprint density at radius 3 is 2.71 bits per heavy atom. The maximum atomic E-state index is 13.2. The van der Waals surface area contributed by atoms with Crippen LogP contribution < -0.4 is 10.2 Å². The molecule has 2 rings (SSSR count). The molecule has 0 spiro atoms. The van der Waals surface area contributed by atoms with Crippen LogP contribution >= 0.6 is 23.2 Å². The lowest BCUT2D eigenvalue weighted by Crippen LogP contribution is -3.08. The van der Waals surface area contributed by atoms with Crippen molar-refractivity contribution in [2.75, 3.05) is 20.1 Å². The molecular weight excluding hydrogens is 350 g/mol. The second-order valence-electron chi connectivity index (χ2n) is 5.78. The number of amides is 1. The Kier molecular flexibility index (Phi) is 7.03. The summed E-state index contributed by atoms with van der Waals surface area (Å²) in [6.45, 7) is 1.42. The van der Waals surface area contributed by atoms with Gasteiger partial charge in [0.1, 0.15) is 12.4 Å². The number of rotatable bonds is 7. The highest BCUT2D eigenvalue weighted by atomic mass is 35.5. The van der Waals surface area contributed by atoms with E-state index in [1.165, 1.54) is 12.1 Å². The first-order chi connectivity index (χ1) is 11.4. The molecule has 0 saturated heterocycles. The molecule has 0 aliphatic heterocycles. The molecule has 1 unspecified atom stereocenters. The number of likely N-dealkylation sites (N-methyl/N-ethyl adjacent to an activating group) is 1. The minimum atomic E-state index is -0.260. The van der Waals surface area contributed by atoms with Crippen LogP contribution in [-0.4, -0.2) is 26.0 Å². The standard InChI is InChI=1S/C18H19Cl2FN2O/c1-23(11-13-3-2-4-16(21)9-13)12-18(24)22-8-7-14-5-6-15(19)10-17(14)20/h2-6,9-10H,7-8,11-12H2,1H3,(H,22,24)/p+1. The van der Waals surface area contributed by atoms with Crippen molar-refractivity contribution in [1.82, 2.24) is 5.32 Å². The third kappa shape index (κ3) is 6.11. The van der Waals surface area contributed by atoms with Gasteiger partial charge < -0.3 is 10.2 Å². The molecule has 24 heavy (non-hydrogen) atoms. The zero-order valence-corrected chi connectivity index (χ0v) is 14.9. The van der Waals surface area contributed by atoms with Crippen LogP contribution in [0.3, 0.4) is 0 Å².